The molecule has 1 fully saturated rings. The third-order valence-electron chi connectivity index (χ3n) is 3.88. The Morgan fingerprint density at radius 2 is 2.14 bits per heavy atom. The molecule has 0 spiro atoms. The molecule has 112 valence electrons. The van der Waals surface area contributed by atoms with Crippen molar-refractivity contribution in [1.29, 1.82) is 0 Å². The van der Waals surface area contributed by atoms with Crippen molar-refractivity contribution in [2.75, 3.05) is 6.54 Å². The summed E-state index contributed by atoms with van der Waals surface area (Å²) in [6, 6.07) is 8.25. The van der Waals surface area contributed by atoms with Crippen LogP contribution in [0, 0.1) is 11.8 Å². The second kappa shape index (κ2) is 5.88. The van der Waals surface area contributed by atoms with E-state index in [4.69, 9.17) is 4.98 Å². The number of hydrogen-bond acceptors (Lipinski definition) is 2. The number of carbonyl (C=O) groups is 1. The van der Waals surface area contributed by atoms with Crippen LogP contribution in [0.25, 0.3) is 11.0 Å². The van der Waals surface area contributed by atoms with Crippen molar-refractivity contribution in [1.82, 2.24) is 14.9 Å². The van der Waals surface area contributed by atoms with Crippen molar-refractivity contribution in [3.05, 3.63) is 30.1 Å². The summed E-state index contributed by atoms with van der Waals surface area (Å²) in [4.78, 5) is 16.4. The monoisotopic (exact) mass is 285 g/mol. The number of hydrogen-bond donors (Lipinski definition) is 1. The summed E-state index contributed by atoms with van der Waals surface area (Å²) in [5.41, 5.74) is 2.23. The maximum absolute atomic E-state index is 11.7. The molecule has 4 heteroatoms. The number of fused-ring (bicyclic) bond motifs is 1. The van der Waals surface area contributed by atoms with Gasteiger partial charge in [-0.3, -0.25) is 4.79 Å². The zero-order chi connectivity index (χ0) is 14.8. The number of para-hydroxylation sites is 2. The Morgan fingerprint density at radius 3 is 2.86 bits per heavy atom. The Hall–Kier alpha value is -1.84. The minimum atomic E-state index is 0.210. The van der Waals surface area contributed by atoms with Crippen LogP contribution in [0.4, 0.5) is 0 Å². The number of aromatic nitrogens is 2. The molecule has 4 nitrogen and oxygen atoms in total. The van der Waals surface area contributed by atoms with Crippen LogP contribution in [-0.4, -0.2) is 22.0 Å². The third-order valence-corrected chi connectivity index (χ3v) is 3.88. The van der Waals surface area contributed by atoms with Gasteiger partial charge in [-0.05, 0) is 30.9 Å². The molecule has 1 amide bonds. The minimum absolute atomic E-state index is 0.210. The average Bonchev–Trinajstić information content (AvgIpc) is 3.24. The van der Waals surface area contributed by atoms with Gasteiger partial charge in [0.2, 0.25) is 5.91 Å². The predicted molar refractivity (Wildman–Crippen MR) is 84.0 cm³/mol. The number of amides is 1. The smallest absolute Gasteiger partial charge is 0.223 e. The second-order valence-electron chi connectivity index (χ2n) is 6.34. The molecule has 0 radical (unpaired) electrons. The molecule has 1 aliphatic carbocycles. The van der Waals surface area contributed by atoms with E-state index in [1.807, 2.05) is 6.07 Å². The number of nitrogens with one attached hydrogen (secondary N) is 1. The van der Waals surface area contributed by atoms with Gasteiger partial charge in [0, 0.05) is 25.4 Å². The number of imidazole rings is 1. The average molecular weight is 285 g/mol. The zero-order valence-electron chi connectivity index (χ0n) is 12.8. The quantitative estimate of drug-likeness (QED) is 0.887. The van der Waals surface area contributed by atoms with Crippen LogP contribution >= 0.6 is 0 Å². The maximum atomic E-state index is 11.7. The SMILES string of the molecule is CC(C)Cn1c(CCNC(=O)C2CC2)nc2ccccc21. The van der Waals surface area contributed by atoms with Crippen LogP contribution in [0.3, 0.4) is 0 Å². The predicted octanol–water partition coefficient (Wildman–Crippen LogP) is 2.76. The summed E-state index contributed by atoms with van der Waals surface area (Å²) in [5, 5.41) is 3.03. The lowest BCUT2D eigenvalue weighted by Gasteiger charge is -2.12. The normalized spacial score (nSPS) is 14.8. The largest absolute Gasteiger partial charge is 0.355 e. The van der Waals surface area contributed by atoms with Crippen LogP contribution in [0.2, 0.25) is 0 Å². The number of carbonyl (C=O) groups excluding carboxylic acids is 1. The Kier molecular flexibility index (Phi) is 3.95. The highest BCUT2D eigenvalue weighted by Crippen LogP contribution is 2.28. The molecule has 1 saturated carbocycles. The fourth-order valence-electron chi connectivity index (χ4n) is 2.67. The fraction of sp³-hybridized carbons (Fsp3) is 0.529. The van der Waals surface area contributed by atoms with Gasteiger partial charge in [-0.25, -0.2) is 4.98 Å². The molecule has 0 aliphatic heterocycles. The second-order valence-corrected chi connectivity index (χ2v) is 6.34. The van der Waals surface area contributed by atoms with E-state index in [2.05, 4.69) is 41.9 Å². The molecular formula is C17H23N3O. The standard InChI is InChI=1S/C17H23N3O/c1-12(2)11-20-15-6-4-3-5-14(15)19-16(20)9-10-18-17(21)13-7-8-13/h3-6,12-13H,7-11H2,1-2H3,(H,18,21). The molecule has 1 aliphatic rings. The fourth-order valence-corrected chi connectivity index (χ4v) is 2.67. The Bertz CT molecular complexity index is 641. The van der Waals surface area contributed by atoms with Crippen molar-refractivity contribution < 1.29 is 4.79 Å². The summed E-state index contributed by atoms with van der Waals surface area (Å²) in [6.07, 6.45) is 2.90. The molecule has 1 aromatic carbocycles. The Labute approximate surface area is 125 Å². The van der Waals surface area contributed by atoms with Gasteiger partial charge < -0.3 is 9.88 Å². The number of nitrogens with zero attached hydrogens (tertiary/aromatic N) is 2. The van der Waals surface area contributed by atoms with E-state index >= 15 is 0 Å². The summed E-state index contributed by atoms with van der Waals surface area (Å²) in [5.74, 6) is 2.13. The molecule has 0 bridgehead atoms. The lowest BCUT2D eigenvalue weighted by Crippen LogP contribution is -2.27. The topological polar surface area (TPSA) is 46.9 Å². The molecule has 1 heterocycles. The van der Waals surface area contributed by atoms with E-state index in [9.17, 15) is 4.79 Å². The minimum Gasteiger partial charge on any atom is -0.355 e. The molecule has 3 rings (SSSR count). The molecule has 0 saturated heterocycles. The molecule has 1 aromatic heterocycles. The number of benzene rings is 1. The van der Waals surface area contributed by atoms with Gasteiger partial charge in [-0.15, -0.1) is 0 Å². The molecule has 2 aromatic rings. The lowest BCUT2D eigenvalue weighted by molar-refractivity contribution is -0.122. The first-order valence-corrected chi connectivity index (χ1v) is 7.87. The van der Waals surface area contributed by atoms with Gasteiger partial charge in [0.25, 0.3) is 0 Å². The van der Waals surface area contributed by atoms with Crippen molar-refractivity contribution in [3.63, 3.8) is 0 Å². The van der Waals surface area contributed by atoms with Gasteiger partial charge in [-0.2, -0.15) is 0 Å². The van der Waals surface area contributed by atoms with E-state index in [1.165, 1.54) is 5.52 Å². The molecular weight excluding hydrogens is 262 g/mol. The lowest BCUT2D eigenvalue weighted by atomic mass is 10.2. The molecule has 21 heavy (non-hydrogen) atoms. The maximum Gasteiger partial charge on any atom is 0.223 e. The van der Waals surface area contributed by atoms with E-state index in [-0.39, 0.29) is 11.8 Å². The zero-order valence-corrected chi connectivity index (χ0v) is 12.8. The van der Waals surface area contributed by atoms with Crippen molar-refractivity contribution in [2.45, 2.75) is 39.7 Å². The van der Waals surface area contributed by atoms with Gasteiger partial charge in [0.1, 0.15) is 5.82 Å². The third kappa shape index (κ3) is 3.26. The van der Waals surface area contributed by atoms with E-state index in [0.717, 1.165) is 37.1 Å². The highest BCUT2D eigenvalue weighted by molar-refractivity contribution is 5.80. The van der Waals surface area contributed by atoms with Crippen LogP contribution in [0.5, 0.6) is 0 Å². The highest BCUT2D eigenvalue weighted by atomic mass is 16.2. The van der Waals surface area contributed by atoms with Gasteiger partial charge in [-0.1, -0.05) is 26.0 Å². The van der Waals surface area contributed by atoms with E-state index in [1.54, 1.807) is 0 Å². The van der Waals surface area contributed by atoms with Crippen molar-refractivity contribution in [2.24, 2.45) is 11.8 Å². The van der Waals surface area contributed by atoms with Crippen LogP contribution in [0.15, 0.2) is 24.3 Å². The Morgan fingerprint density at radius 1 is 1.38 bits per heavy atom. The van der Waals surface area contributed by atoms with Crippen LogP contribution < -0.4 is 5.32 Å². The van der Waals surface area contributed by atoms with Gasteiger partial charge in [0.05, 0.1) is 11.0 Å². The summed E-state index contributed by atoms with van der Waals surface area (Å²) < 4.78 is 2.29. The van der Waals surface area contributed by atoms with Crippen LogP contribution in [-0.2, 0) is 17.8 Å². The van der Waals surface area contributed by atoms with E-state index in [0.29, 0.717) is 12.5 Å². The first kappa shape index (κ1) is 14.1. The first-order chi connectivity index (χ1) is 10.1. The summed E-state index contributed by atoms with van der Waals surface area (Å²) >= 11 is 0. The van der Waals surface area contributed by atoms with Gasteiger partial charge in [0.15, 0.2) is 0 Å². The van der Waals surface area contributed by atoms with Gasteiger partial charge >= 0.3 is 0 Å². The van der Waals surface area contributed by atoms with Crippen LogP contribution in [0.1, 0.15) is 32.5 Å². The van der Waals surface area contributed by atoms with E-state index < -0.39 is 0 Å². The molecule has 0 unspecified atom stereocenters. The summed E-state index contributed by atoms with van der Waals surface area (Å²) in [7, 11) is 0. The summed E-state index contributed by atoms with van der Waals surface area (Å²) in [6.45, 7) is 6.07. The Balaban J connectivity index is 1.74. The molecule has 1 N–H and O–H groups in total. The highest BCUT2D eigenvalue weighted by Gasteiger charge is 2.29. The molecule has 0 atom stereocenters. The van der Waals surface area contributed by atoms with Crippen molar-refractivity contribution >= 4 is 16.9 Å². The first-order valence-electron chi connectivity index (χ1n) is 7.87. The van der Waals surface area contributed by atoms with Crippen molar-refractivity contribution in [3.8, 4) is 0 Å². The number of rotatable bonds is 6.